The fourth-order valence-corrected chi connectivity index (χ4v) is 2.74. The maximum Gasteiger partial charge on any atom is 0.253 e. The summed E-state index contributed by atoms with van der Waals surface area (Å²) in [6.45, 7) is 3.84. The normalized spacial score (nSPS) is 23.8. The number of hydrogen-bond donors (Lipinski definition) is 0. The molecule has 1 aromatic carbocycles. The largest absolute Gasteiger partial charge is 0.497 e. The summed E-state index contributed by atoms with van der Waals surface area (Å²) in [7, 11) is 1.62. The van der Waals surface area contributed by atoms with Crippen LogP contribution in [-0.2, 0) is 0 Å². The number of rotatable bonds is 2. The van der Waals surface area contributed by atoms with Gasteiger partial charge in [0.2, 0.25) is 0 Å². The van der Waals surface area contributed by atoms with Gasteiger partial charge in [-0.1, -0.05) is 22.9 Å². The van der Waals surface area contributed by atoms with E-state index >= 15 is 0 Å². The number of ether oxygens (including phenoxy) is 1. The number of hydrogen-bond acceptors (Lipinski definition) is 2. The van der Waals surface area contributed by atoms with Crippen molar-refractivity contribution in [3.63, 3.8) is 0 Å². The van der Waals surface area contributed by atoms with Crippen molar-refractivity contribution in [2.75, 3.05) is 20.2 Å². The molecule has 0 bridgehead atoms. The van der Waals surface area contributed by atoms with Crippen LogP contribution in [-0.4, -0.2) is 35.8 Å². The minimum atomic E-state index is 0.106. The Labute approximate surface area is 116 Å². The molecule has 1 fully saturated rings. The highest BCUT2D eigenvalue weighted by molar-refractivity contribution is 9.09. The van der Waals surface area contributed by atoms with E-state index in [9.17, 15) is 4.79 Å². The number of nitrogens with zero attached hydrogens (tertiary/aromatic N) is 1. The Hall–Kier alpha value is -1.03. The highest BCUT2D eigenvalue weighted by Crippen LogP contribution is 2.24. The first-order valence-electron chi connectivity index (χ1n) is 6.19. The summed E-state index contributed by atoms with van der Waals surface area (Å²) >= 11 is 3.64. The monoisotopic (exact) mass is 311 g/mol. The van der Waals surface area contributed by atoms with Gasteiger partial charge in [-0.2, -0.15) is 0 Å². The molecule has 1 amide bonds. The number of benzene rings is 1. The Bertz CT molecular complexity index is 418. The molecule has 4 heteroatoms. The van der Waals surface area contributed by atoms with Crippen LogP contribution >= 0.6 is 15.9 Å². The highest BCUT2D eigenvalue weighted by Gasteiger charge is 2.27. The molecule has 98 valence electrons. The molecule has 1 aliphatic heterocycles. The topological polar surface area (TPSA) is 29.5 Å². The molecule has 0 radical (unpaired) electrons. The molecule has 1 saturated heterocycles. The molecule has 0 aromatic heterocycles. The summed E-state index contributed by atoms with van der Waals surface area (Å²) in [6.07, 6.45) is 1.05. The molecule has 0 saturated carbocycles. The fraction of sp³-hybridized carbons (Fsp3) is 0.500. The van der Waals surface area contributed by atoms with Crippen LogP contribution in [0.4, 0.5) is 0 Å². The Morgan fingerprint density at radius 3 is 2.61 bits per heavy atom. The maximum absolute atomic E-state index is 12.3. The standard InChI is InChI=1S/C14H18BrNO2/c1-10-7-8-16(9-13(10)15)14(17)11-3-5-12(18-2)6-4-11/h3-6,10,13H,7-9H2,1-2H3. The van der Waals surface area contributed by atoms with Crippen LogP contribution in [0, 0.1) is 5.92 Å². The molecule has 2 rings (SSSR count). The second-order valence-electron chi connectivity index (χ2n) is 4.76. The lowest BCUT2D eigenvalue weighted by Gasteiger charge is -2.34. The fourth-order valence-electron chi connectivity index (χ4n) is 2.12. The van der Waals surface area contributed by atoms with Crippen molar-refractivity contribution < 1.29 is 9.53 Å². The number of alkyl halides is 1. The van der Waals surface area contributed by atoms with Gasteiger partial charge in [-0.25, -0.2) is 0 Å². The zero-order chi connectivity index (χ0) is 13.1. The van der Waals surface area contributed by atoms with Crippen LogP contribution in [0.2, 0.25) is 0 Å². The molecule has 0 spiro atoms. The van der Waals surface area contributed by atoms with Crippen LogP contribution < -0.4 is 4.74 Å². The average Bonchev–Trinajstić information content (AvgIpc) is 2.41. The summed E-state index contributed by atoms with van der Waals surface area (Å²) in [5, 5.41) is 0. The number of methoxy groups -OCH3 is 1. The van der Waals surface area contributed by atoms with Crippen molar-refractivity contribution in [1.82, 2.24) is 4.90 Å². The Balaban J connectivity index is 2.06. The van der Waals surface area contributed by atoms with E-state index in [1.807, 2.05) is 29.2 Å². The minimum Gasteiger partial charge on any atom is -0.497 e. The lowest BCUT2D eigenvalue weighted by atomic mass is 9.98. The van der Waals surface area contributed by atoms with Gasteiger partial charge in [-0.15, -0.1) is 0 Å². The molecule has 0 aliphatic carbocycles. The van der Waals surface area contributed by atoms with Crippen LogP contribution in [0.25, 0.3) is 0 Å². The average molecular weight is 312 g/mol. The third kappa shape index (κ3) is 2.86. The summed E-state index contributed by atoms with van der Waals surface area (Å²) in [6, 6.07) is 7.29. The van der Waals surface area contributed by atoms with Crippen LogP contribution in [0.3, 0.4) is 0 Å². The Kier molecular flexibility index (Phi) is 4.27. The molecule has 2 atom stereocenters. The molecular weight excluding hydrogens is 294 g/mol. The molecular formula is C14H18BrNO2. The van der Waals surface area contributed by atoms with Gasteiger partial charge in [0.05, 0.1) is 7.11 Å². The second-order valence-corrected chi connectivity index (χ2v) is 5.94. The lowest BCUT2D eigenvalue weighted by Crippen LogP contribution is -2.43. The number of carbonyl (C=O) groups excluding carboxylic acids is 1. The first-order chi connectivity index (χ1) is 8.61. The van der Waals surface area contributed by atoms with Gasteiger partial charge in [0.1, 0.15) is 5.75 Å². The van der Waals surface area contributed by atoms with Crippen molar-refractivity contribution in [1.29, 1.82) is 0 Å². The van der Waals surface area contributed by atoms with Crippen molar-refractivity contribution in [3.05, 3.63) is 29.8 Å². The number of halogens is 1. The number of piperidine rings is 1. The number of carbonyl (C=O) groups is 1. The first kappa shape index (κ1) is 13.4. The van der Waals surface area contributed by atoms with E-state index in [1.165, 1.54) is 0 Å². The van der Waals surface area contributed by atoms with Crippen LogP contribution in [0.15, 0.2) is 24.3 Å². The third-order valence-electron chi connectivity index (χ3n) is 3.49. The van der Waals surface area contributed by atoms with E-state index in [2.05, 4.69) is 22.9 Å². The quantitative estimate of drug-likeness (QED) is 0.786. The number of likely N-dealkylation sites (tertiary alicyclic amines) is 1. The molecule has 2 unspecified atom stereocenters. The molecule has 1 heterocycles. The van der Waals surface area contributed by atoms with E-state index in [-0.39, 0.29) is 5.91 Å². The van der Waals surface area contributed by atoms with Gasteiger partial charge >= 0.3 is 0 Å². The van der Waals surface area contributed by atoms with E-state index in [1.54, 1.807) is 7.11 Å². The van der Waals surface area contributed by atoms with E-state index in [0.29, 0.717) is 10.7 Å². The van der Waals surface area contributed by atoms with E-state index in [0.717, 1.165) is 30.8 Å². The molecule has 0 N–H and O–H groups in total. The SMILES string of the molecule is COc1ccc(C(=O)N2CCC(C)C(Br)C2)cc1. The maximum atomic E-state index is 12.3. The predicted octanol–water partition coefficient (Wildman–Crippen LogP) is 2.94. The number of amides is 1. The smallest absolute Gasteiger partial charge is 0.253 e. The molecule has 18 heavy (non-hydrogen) atoms. The summed E-state index contributed by atoms with van der Waals surface area (Å²) < 4.78 is 5.09. The van der Waals surface area contributed by atoms with Gasteiger partial charge in [0, 0.05) is 23.5 Å². The minimum absolute atomic E-state index is 0.106. The predicted molar refractivity (Wildman–Crippen MR) is 75.4 cm³/mol. The Morgan fingerprint density at radius 1 is 1.39 bits per heavy atom. The van der Waals surface area contributed by atoms with Gasteiger partial charge in [-0.05, 0) is 36.6 Å². The first-order valence-corrected chi connectivity index (χ1v) is 7.10. The van der Waals surface area contributed by atoms with E-state index in [4.69, 9.17) is 4.74 Å². The summed E-state index contributed by atoms with van der Waals surface area (Å²) in [5.74, 6) is 1.51. The van der Waals surface area contributed by atoms with Gasteiger partial charge in [0.15, 0.2) is 0 Å². The zero-order valence-electron chi connectivity index (χ0n) is 10.7. The van der Waals surface area contributed by atoms with Gasteiger partial charge in [0.25, 0.3) is 5.91 Å². The molecule has 3 nitrogen and oxygen atoms in total. The molecule has 1 aliphatic rings. The van der Waals surface area contributed by atoms with Crippen LogP contribution in [0.5, 0.6) is 5.75 Å². The van der Waals surface area contributed by atoms with Gasteiger partial charge in [-0.3, -0.25) is 4.79 Å². The van der Waals surface area contributed by atoms with Gasteiger partial charge < -0.3 is 9.64 Å². The summed E-state index contributed by atoms with van der Waals surface area (Å²) in [5.41, 5.74) is 0.727. The van der Waals surface area contributed by atoms with Crippen molar-refractivity contribution in [2.45, 2.75) is 18.2 Å². The zero-order valence-corrected chi connectivity index (χ0v) is 12.3. The summed E-state index contributed by atoms with van der Waals surface area (Å²) in [4.78, 5) is 14.6. The lowest BCUT2D eigenvalue weighted by molar-refractivity contribution is 0.0706. The molecule has 1 aromatic rings. The van der Waals surface area contributed by atoms with Crippen molar-refractivity contribution >= 4 is 21.8 Å². The van der Waals surface area contributed by atoms with Crippen molar-refractivity contribution in [3.8, 4) is 5.75 Å². The highest BCUT2D eigenvalue weighted by atomic mass is 79.9. The van der Waals surface area contributed by atoms with Crippen molar-refractivity contribution in [2.24, 2.45) is 5.92 Å². The van der Waals surface area contributed by atoms with Crippen LogP contribution in [0.1, 0.15) is 23.7 Å². The third-order valence-corrected chi connectivity index (χ3v) is 4.68. The van der Waals surface area contributed by atoms with E-state index < -0.39 is 0 Å². The second kappa shape index (κ2) is 5.74. The Morgan fingerprint density at radius 2 is 2.06 bits per heavy atom.